The van der Waals surface area contributed by atoms with E-state index >= 15 is 0 Å². The molecule has 0 amide bonds. The quantitative estimate of drug-likeness (QED) is 0.394. The number of benzene rings is 2. The van der Waals surface area contributed by atoms with Crippen molar-refractivity contribution in [3.63, 3.8) is 0 Å². The summed E-state index contributed by atoms with van der Waals surface area (Å²) < 4.78 is 17.2. The lowest BCUT2D eigenvalue weighted by atomic mass is 9.95. The molecule has 0 saturated heterocycles. The van der Waals surface area contributed by atoms with E-state index in [0.717, 1.165) is 33.3 Å². The van der Waals surface area contributed by atoms with Crippen molar-refractivity contribution in [1.82, 2.24) is 4.57 Å². The summed E-state index contributed by atoms with van der Waals surface area (Å²) in [7, 11) is 0. The van der Waals surface area contributed by atoms with E-state index < -0.39 is 0 Å². The van der Waals surface area contributed by atoms with Crippen molar-refractivity contribution < 1.29 is 4.39 Å². The molecular weight excluding hydrogens is 413 g/mol. The molecule has 3 rings (SSSR count). The standard InChI is InChI=1S/C22H22BrClFN/c1-5-20-14(4)26(13(2)3)22(15-6-8-18(24)9-7-15)21(20)16-10-17(23)12-19(25)11-16/h6-13H,5H2,1-4H3. The molecule has 0 saturated carbocycles. The third-order valence-corrected chi connectivity index (χ3v) is 5.43. The van der Waals surface area contributed by atoms with Crippen LogP contribution in [-0.4, -0.2) is 4.57 Å². The van der Waals surface area contributed by atoms with Crippen LogP contribution in [0.5, 0.6) is 0 Å². The van der Waals surface area contributed by atoms with Crippen molar-refractivity contribution in [1.29, 1.82) is 0 Å². The summed E-state index contributed by atoms with van der Waals surface area (Å²) in [4.78, 5) is 0. The molecule has 1 aromatic heterocycles. The van der Waals surface area contributed by atoms with Crippen LogP contribution in [0.2, 0.25) is 5.02 Å². The van der Waals surface area contributed by atoms with Gasteiger partial charge >= 0.3 is 0 Å². The zero-order chi connectivity index (χ0) is 19.0. The third kappa shape index (κ3) is 3.47. The zero-order valence-corrected chi connectivity index (χ0v) is 17.7. The highest BCUT2D eigenvalue weighted by Gasteiger charge is 2.23. The lowest BCUT2D eigenvalue weighted by molar-refractivity contribution is 0.593. The molecule has 0 N–H and O–H groups in total. The van der Waals surface area contributed by atoms with Crippen molar-refractivity contribution >= 4 is 27.5 Å². The van der Waals surface area contributed by atoms with Gasteiger partial charge in [0.25, 0.3) is 0 Å². The van der Waals surface area contributed by atoms with Gasteiger partial charge in [0.1, 0.15) is 5.82 Å². The monoisotopic (exact) mass is 433 g/mol. The van der Waals surface area contributed by atoms with Gasteiger partial charge in [0.2, 0.25) is 0 Å². The molecule has 0 aliphatic heterocycles. The van der Waals surface area contributed by atoms with Crippen LogP contribution in [0.3, 0.4) is 0 Å². The average Bonchev–Trinajstić information content (AvgIpc) is 2.87. The molecule has 0 unspecified atom stereocenters. The Morgan fingerprint density at radius 1 is 1.08 bits per heavy atom. The van der Waals surface area contributed by atoms with Gasteiger partial charge in [-0.05, 0) is 74.2 Å². The highest BCUT2D eigenvalue weighted by molar-refractivity contribution is 9.10. The lowest BCUT2D eigenvalue weighted by Gasteiger charge is -2.17. The van der Waals surface area contributed by atoms with Crippen LogP contribution in [0.1, 0.15) is 38.1 Å². The van der Waals surface area contributed by atoms with Gasteiger partial charge in [0, 0.05) is 26.8 Å². The maximum Gasteiger partial charge on any atom is 0.124 e. The van der Waals surface area contributed by atoms with Crippen LogP contribution in [0, 0.1) is 12.7 Å². The van der Waals surface area contributed by atoms with Crippen LogP contribution in [-0.2, 0) is 6.42 Å². The van der Waals surface area contributed by atoms with Crippen LogP contribution in [0.4, 0.5) is 4.39 Å². The van der Waals surface area contributed by atoms with Crippen molar-refractivity contribution in [2.24, 2.45) is 0 Å². The normalized spacial score (nSPS) is 11.4. The Morgan fingerprint density at radius 3 is 2.27 bits per heavy atom. The van der Waals surface area contributed by atoms with Crippen molar-refractivity contribution in [2.45, 2.75) is 40.2 Å². The van der Waals surface area contributed by atoms with Gasteiger partial charge in [0.15, 0.2) is 0 Å². The molecule has 0 fully saturated rings. The van der Waals surface area contributed by atoms with Crippen LogP contribution >= 0.6 is 27.5 Å². The first-order valence-corrected chi connectivity index (χ1v) is 9.96. The summed E-state index contributed by atoms with van der Waals surface area (Å²) in [6.07, 6.45) is 0.885. The number of halogens is 3. The van der Waals surface area contributed by atoms with E-state index in [1.165, 1.54) is 17.3 Å². The summed E-state index contributed by atoms with van der Waals surface area (Å²) >= 11 is 9.54. The number of nitrogens with zero attached hydrogens (tertiary/aromatic N) is 1. The maximum atomic E-state index is 14.1. The second-order valence-corrected chi connectivity index (χ2v) is 8.12. The van der Waals surface area contributed by atoms with Gasteiger partial charge in [-0.2, -0.15) is 0 Å². The van der Waals surface area contributed by atoms with Crippen LogP contribution in [0.25, 0.3) is 22.4 Å². The SMILES string of the molecule is CCc1c(-c2cc(F)cc(Br)c2)c(-c2ccc(Cl)cc2)n(C(C)C)c1C. The molecule has 0 spiro atoms. The number of rotatable bonds is 4. The predicted molar refractivity (Wildman–Crippen MR) is 112 cm³/mol. The van der Waals surface area contributed by atoms with Crippen molar-refractivity contribution in [3.05, 3.63) is 69.0 Å². The first kappa shape index (κ1) is 19.2. The van der Waals surface area contributed by atoms with E-state index in [1.807, 2.05) is 30.3 Å². The van der Waals surface area contributed by atoms with E-state index in [9.17, 15) is 4.39 Å². The highest BCUT2D eigenvalue weighted by atomic mass is 79.9. The fraction of sp³-hybridized carbons (Fsp3) is 0.273. The average molecular weight is 435 g/mol. The van der Waals surface area contributed by atoms with Gasteiger partial charge < -0.3 is 4.57 Å². The Bertz CT molecular complexity index is 922. The summed E-state index contributed by atoms with van der Waals surface area (Å²) in [5.74, 6) is -0.242. The molecule has 0 atom stereocenters. The molecule has 0 aliphatic carbocycles. The minimum Gasteiger partial charge on any atom is -0.342 e. The summed E-state index contributed by atoms with van der Waals surface area (Å²) in [5, 5.41) is 0.707. The molecule has 3 aromatic rings. The fourth-order valence-electron chi connectivity index (χ4n) is 3.74. The van der Waals surface area contributed by atoms with E-state index in [0.29, 0.717) is 5.02 Å². The second kappa shape index (κ2) is 7.58. The second-order valence-electron chi connectivity index (χ2n) is 6.77. The Labute approximate surface area is 167 Å². The lowest BCUT2D eigenvalue weighted by Crippen LogP contribution is -2.05. The molecule has 0 radical (unpaired) electrons. The van der Waals surface area contributed by atoms with E-state index in [2.05, 4.69) is 48.2 Å². The predicted octanol–water partition coefficient (Wildman–Crippen LogP) is 7.83. The fourth-order valence-corrected chi connectivity index (χ4v) is 4.33. The Hall–Kier alpha value is -1.58. The minimum absolute atomic E-state index is 0.242. The van der Waals surface area contributed by atoms with E-state index in [1.54, 1.807) is 6.07 Å². The summed E-state index contributed by atoms with van der Waals surface area (Å²) in [6, 6.07) is 13.3. The molecule has 26 heavy (non-hydrogen) atoms. The summed E-state index contributed by atoms with van der Waals surface area (Å²) in [5.41, 5.74) is 6.66. The molecule has 4 heteroatoms. The molecule has 0 bridgehead atoms. The van der Waals surface area contributed by atoms with Crippen LogP contribution < -0.4 is 0 Å². The molecule has 136 valence electrons. The van der Waals surface area contributed by atoms with Crippen LogP contribution in [0.15, 0.2) is 46.9 Å². The molecule has 1 nitrogen and oxygen atoms in total. The highest BCUT2D eigenvalue weighted by Crippen LogP contribution is 2.42. The maximum absolute atomic E-state index is 14.1. The summed E-state index contributed by atoms with van der Waals surface area (Å²) in [6.45, 7) is 8.65. The molecule has 0 aliphatic rings. The Morgan fingerprint density at radius 2 is 1.73 bits per heavy atom. The van der Waals surface area contributed by atoms with E-state index in [4.69, 9.17) is 11.6 Å². The Balaban J connectivity index is 2.41. The van der Waals surface area contributed by atoms with Gasteiger partial charge in [0.05, 0.1) is 5.69 Å². The van der Waals surface area contributed by atoms with E-state index in [-0.39, 0.29) is 11.9 Å². The molecular formula is C22H22BrClFN. The number of hydrogen-bond donors (Lipinski definition) is 0. The molecule has 2 aromatic carbocycles. The number of aromatic nitrogens is 1. The zero-order valence-electron chi connectivity index (χ0n) is 15.4. The van der Waals surface area contributed by atoms with Gasteiger partial charge in [-0.15, -0.1) is 0 Å². The largest absolute Gasteiger partial charge is 0.342 e. The smallest absolute Gasteiger partial charge is 0.124 e. The van der Waals surface area contributed by atoms with Crippen molar-refractivity contribution in [3.8, 4) is 22.4 Å². The third-order valence-electron chi connectivity index (χ3n) is 4.72. The van der Waals surface area contributed by atoms with Crippen molar-refractivity contribution in [2.75, 3.05) is 0 Å². The topological polar surface area (TPSA) is 4.93 Å². The van der Waals surface area contributed by atoms with Gasteiger partial charge in [-0.3, -0.25) is 0 Å². The molecule has 1 heterocycles. The van der Waals surface area contributed by atoms with Gasteiger partial charge in [-0.25, -0.2) is 4.39 Å². The minimum atomic E-state index is -0.242. The van der Waals surface area contributed by atoms with Gasteiger partial charge in [-0.1, -0.05) is 46.6 Å². The number of hydrogen-bond acceptors (Lipinski definition) is 0. The first-order valence-electron chi connectivity index (χ1n) is 8.79. The first-order chi connectivity index (χ1) is 12.3. The Kier molecular flexibility index (Phi) is 5.59.